The summed E-state index contributed by atoms with van der Waals surface area (Å²) in [5.41, 5.74) is 4.87. The van der Waals surface area contributed by atoms with Crippen LogP contribution in [0.4, 0.5) is 5.82 Å². The molecule has 0 amide bonds. The molecule has 0 saturated carbocycles. The van der Waals surface area contributed by atoms with E-state index in [1.54, 1.807) is 10.7 Å². The van der Waals surface area contributed by atoms with Gasteiger partial charge in [-0.2, -0.15) is 10.2 Å². The van der Waals surface area contributed by atoms with Gasteiger partial charge in [0.05, 0.1) is 17.9 Å². The molecule has 5 rings (SSSR count). The first-order valence-corrected chi connectivity index (χ1v) is 11.7. The van der Waals surface area contributed by atoms with E-state index >= 15 is 0 Å². The molecule has 1 aliphatic heterocycles. The molecule has 1 N–H and O–H groups in total. The number of nitrogens with one attached hydrogen (secondary N) is 1. The molecule has 1 unspecified atom stereocenters. The molecule has 30 heavy (non-hydrogen) atoms. The lowest BCUT2D eigenvalue weighted by Crippen LogP contribution is -2.45. The van der Waals surface area contributed by atoms with Crippen molar-refractivity contribution in [2.75, 3.05) is 25.0 Å². The van der Waals surface area contributed by atoms with E-state index in [0.717, 1.165) is 68.8 Å². The molecule has 2 aromatic rings. The van der Waals surface area contributed by atoms with Crippen molar-refractivity contribution in [1.29, 1.82) is 0 Å². The first-order valence-electron chi connectivity index (χ1n) is 11.7. The highest BCUT2D eigenvalue weighted by atomic mass is 16.1. The number of anilines is 1. The van der Waals surface area contributed by atoms with Crippen LogP contribution >= 0.6 is 0 Å². The molecule has 2 aromatic heterocycles. The molecular weight excluding hydrogens is 376 g/mol. The lowest BCUT2D eigenvalue weighted by atomic mass is 9.97. The molecule has 0 bridgehead atoms. The molecule has 7 nitrogen and oxygen atoms in total. The standard InChI is InChI=1S/C23H32N6O/c30-23-15-18-7-5-10-21(18)27-29(23)13-12-28-11-4-3-8-19(28)16-24-22-14-17-6-1-2-9-20(17)25-26-22/h14-15,19H,1-13,16H2,(H,24,26). The maximum Gasteiger partial charge on any atom is 0.267 e. The number of nitrogens with zero attached hydrogens (tertiary/aromatic N) is 5. The van der Waals surface area contributed by atoms with Crippen LogP contribution in [0.3, 0.4) is 0 Å². The molecule has 1 atom stereocenters. The molecule has 3 heterocycles. The number of aromatic nitrogens is 4. The second kappa shape index (κ2) is 8.84. The molecule has 7 heteroatoms. The highest BCUT2D eigenvalue weighted by molar-refractivity contribution is 5.39. The van der Waals surface area contributed by atoms with E-state index in [0.29, 0.717) is 12.6 Å². The van der Waals surface area contributed by atoms with E-state index in [9.17, 15) is 4.79 Å². The highest BCUT2D eigenvalue weighted by Gasteiger charge is 2.23. The molecular formula is C23H32N6O. The Kier molecular flexibility index (Phi) is 5.79. The van der Waals surface area contributed by atoms with Crippen molar-refractivity contribution < 1.29 is 0 Å². The summed E-state index contributed by atoms with van der Waals surface area (Å²) in [6.45, 7) is 3.50. The van der Waals surface area contributed by atoms with Gasteiger partial charge in [0, 0.05) is 25.2 Å². The number of piperidine rings is 1. The van der Waals surface area contributed by atoms with Gasteiger partial charge in [-0.15, -0.1) is 5.10 Å². The Bertz CT molecular complexity index is 955. The van der Waals surface area contributed by atoms with Crippen molar-refractivity contribution in [3.8, 4) is 0 Å². The summed E-state index contributed by atoms with van der Waals surface area (Å²) in [7, 11) is 0. The first-order chi connectivity index (χ1) is 14.8. The van der Waals surface area contributed by atoms with Gasteiger partial charge >= 0.3 is 0 Å². The highest BCUT2D eigenvalue weighted by Crippen LogP contribution is 2.22. The number of rotatable bonds is 6. The van der Waals surface area contributed by atoms with E-state index < -0.39 is 0 Å². The average molecular weight is 409 g/mol. The summed E-state index contributed by atoms with van der Waals surface area (Å²) >= 11 is 0. The lowest BCUT2D eigenvalue weighted by Gasteiger charge is -2.36. The number of likely N-dealkylation sites (tertiary alicyclic amines) is 1. The Labute approximate surface area is 177 Å². The van der Waals surface area contributed by atoms with Crippen LogP contribution in [0, 0.1) is 0 Å². The van der Waals surface area contributed by atoms with Crippen LogP contribution in [0.5, 0.6) is 0 Å². The predicted molar refractivity (Wildman–Crippen MR) is 117 cm³/mol. The number of aryl methyl sites for hydroxylation is 4. The van der Waals surface area contributed by atoms with E-state index in [2.05, 4.69) is 31.6 Å². The third-order valence-electron chi connectivity index (χ3n) is 6.96. The Morgan fingerprint density at radius 1 is 0.900 bits per heavy atom. The topological polar surface area (TPSA) is 75.9 Å². The smallest absolute Gasteiger partial charge is 0.267 e. The Morgan fingerprint density at radius 3 is 2.70 bits per heavy atom. The van der Waals surface area contributed by atoms with Gasteiger partial charge in [0.2, 0.25) is 0 Å². The van der Waals surface area contributed by atoms with Gasteiger partial charge in [-0.05, 0) is 81.5 Å². The lowest BCUT2D eigenvalue weighted by molar-refractivity contribution is 0.148. The zero-order valence-electron chi connectivity index (χ0n) is 17.8. The van der Waals surface area contributed by atoms with Crippen LogP contribution < -0.4 is 10.9 Å². The van der Waals surface area contributed by atoms with Gasteiger partial charge in [0.25, 0.3) is 5.56 Å². The second-order valence-electron chi connectivity index (χ2n) is 9.01. The van der Waals surface area contributed by atoms with Gasteiger partial charge in [-0.1, -0.05) is 6.42 Å². The van der Waals surface area contributed by atoms with Gasteiger partial charge in [0.1, 0.15) is 5.82 Å². The molecule has 1 saturated heterocycles. The van der Waals surface area contributed by atoms with E-state index in [1.165, 1.54) is 43.4 Å². The summed E-state index contributed by atoms with van der Waals surface area (Å²) in [5.74, 6) is 0.901. The summed E-state index contributed by atoms with van der Waals surface area (Å²) in [6.07, 6.45) is 11.5. The van der Waals surface area contributed by atoms with Crippen molar-refractivity contribution >= 4 is 5.82 Å². The monoisotopic (exact) mass is 408 g/mol. The van der Waals surface area contributed by atoms with Crippen LogP contribution in [0.2, 0.25) is 0 Å². The van der Waals surface area contributed by atoms with Gasteiger partial charge in [0.15, 0.2) is 0 Å². The summed E-state index contributed by atoms with van der Waals surface area (Å²) < 4.78 is 1.68. The van der Waals surface area contributed by atoms with Gasteiger partial charge < -0.3 is 5.32 Å². The van der Waals surface area contributed by atoms with Crippen LogP contribution in [-0.4, -0.2) is 50.6 Å². The molecule has 160 valence electrons. The van der Waals surface area contributed by atoms with Crippen LogP contribution in [0.1, 0.15) is 61.0 Å². The normalized spacial score (nSPS) is 21.3. The van der Waals surface area contributed by atoms with Crippen molar-refractivity contribution in [2.45, 2.75) is 76.8 Å². The number of hydrogen-bond acceptors (Lipinski definition) is 6. The van der Waals surface area contributed by atoms with Gasteiger partial charge in [-0.3, -0.25) is 9.69 Å². The maximum absolute atomic E-state index is 12.4. The zero-order valence-corrected chi connectivity index (χ0v) is 17.8. The summed E-state index contributed by atoms with van der Waals surface area (Å²) in [6, 6.07) is 4.46. The average Bonchev–Trinajstić information content (AvgIpc) is 3.23. The second-order valence-corrected chi connectivity index (χ2v) is 9.01. The van der Waals surface area contributed by atoms with Crippen molar-refractivity contribution in [3.05, 3.63) is 45.0 Å². The third kappa shape index (κ3) is 4.26. The molecule has 2 aliphatic carbocycles. The minimum Gasteiger partial charge on any atom is -0.367 e. The minimum absolute atomic E-state index is 0.0478. The summed E-state index contributed by atoms with van der Waals surface area (Å²) in [4.78, 5) is 14.9. The van der Waals surface area contributed by atoms with E-state index in [4.69, 9.17) is 0 Å². The van der Waals surface area contributed by atoms with Crippen LogP contribution in [0.25, 0.3) is 0 Å². The largest absolute Gasteiger partial charge is 0.367 e. The fraction of sp³-hybridized carbons (Fsp3) is 0.652. The fourth-order valence-electron chi connectivity index (χ4n) is 5.21. The van der Waals surface area contributed by atoms with Crippen molar-refractivity contribution in [3.63, 3.8) is 0 Å². The maximum atomic E-state index is 12.4. The number of hydrogen-bond donors (Lipinski definition) is 1. The molecule has 1 fully saturated rings. The fourth-order valence-corrected chi connectivity index (χ4v) is 5.21. The molecule has 0 spiro atoms. The SMILES string of the molecule is O=c1cc2c(nn1CCN1CCCCC1CNc1cc3c(nn1)CCCC3)CCC2. The van der Waals surface area contributed by atoms with Crippen molar-refractivity contribution in [2.24, 2.45) is 0 Å². The van der Waals surface area contributed by atoms with E-state index in [1.807, 2.05) is 0 Å². The minimum atomic E-state index is 0.0478. The van der Waals surface area contributed by atoms with Crippen LogP contribution in [0.15, 0.2) is 16.9 Å². The van der Waals surface area contributed by atoms with E-state index in [-0.39, 0.29) is 5.56 Å². The van der Waals surface area contributed by atoms with Gasteiger partial charge in [-0.25, -0.2) is 4.68 Å². The Hall–Kier alpha value is -2.28. The molecule has 3 aliphatic rings. The molecule has 0 aromatic carbocycles. The zero-order chi connectivity index (χ0) is 20.3. The number of fused-ring (bicyclic) bond motifs is 2. The third-order valence-corrected chi connectivity index (χ3v) is 6.96. The Balaban J connectivity index is 1.20. The molecule has 0 radical (unpaired) electrons. The Morgan fingerprint density at radius 2 is 1.73 bits per heavy atom. The first kappa shape index (κ1) is 19.7. The van der Waals surface area contributed by atoms with Crippen LogP contribution in [-0.2, 0) is 32.2 Å². The van der Waals surface area contributed by atoms with Crippen molar-refractivity contribution in [1.82, 2.24) is 24.9 Å². The predicted octanol–water partition coefficient (Wildman–Crippen LogP) is 2.37. The summed E-state index contributed by atoms with van der Waals surface area (Å²) in [5, 5.41) is 17.0. The quantitative estimate of drug-likeness (QED) is 0.791.